The number of nitrogens with one attached hydrogen (secondary N) is 1. The van der Waals surface area contributed by atoms with E-state index < -0.39 is 0 Å². The van der Waals surface area contributed by atoms with E-state index in [9.17, 15) is 0 Å². The van der Waals surface area contributed by atoms with E-state index in [4.69, 9.17) is 5.90 Å². The number of hydrogen-bond acceptors (Lipinski definition) is 3. The van der Waals surface area contributed by atoms with Crippen LogP contribution >= 0.6 is 0 Å². The third-order valence-electron chi connectivity index (χ3n) is 1.49. The Labute approximate surface area is 49.2 Å². The van der Waals surface area contributed by atoms with Crippen molar-refractivity contribution >= 4 is 0 Å². The lowest BCUT2D eigenvalue weighted by Crippen LogP contribution is -2.15. The molecule has 1 saturated heterocycles. The second-order valence-corrected chi connectivity index (χ2v) is 2.19. The van der Waals surface area contributed by atoms with Gasteiger partial charge in [-0.05, 0) is 18.9 Å². The third-order valence-corrected chi connectivity index (χ3v) is 1.49. The first-order valence-electron chi connectivity index (χ1n) is 2.96. The van der Waals surface area contributed by atoms with Gasteiger partial charge in [-0.15, -0.1) is 0 Å². The highest BCUT2D eigenvalue weighted by atomic mass is 16.6. The minimum absolute atomic E-state index is 0.653. The lowest BCUT2D eigenvalue weighted by Gasteiger charge is -2.02. The smallest absolute Gasteiger partial charge is 0.0720 e. The summed E-state index contributed by atoms with van der Waals surface area (Å²) in [4.78, 5) is 4.49. The molecule has 8 heavy (non-hydrogen) atoms. The Morgan fingerprint density at radius 1 is 1.75 bits per heavy atom. The van der Waals surface area contributed by atoms with E-state index in [0.29, 0.717) is 12.5 Å². The maximum atomic E-state index is 4.88. The first-order valence-corrected chi connectivity index (χ1v) is 2.96. The van der Waals surface area contributed by atoms with Crippen LogP contribution in [0.1, 0.15) is 6.42 Å². The molecule has 1 heterocycles. The molecule has 0 aromatic heterocycles. The zero-order valence-electron chi connectivity index (χ0n) is 4.89. The van der Waals surface area contributed by atoms with Crippen LogP contribution in [0.25, 0.3) is 0 Å². The van der Waals surface area contributed by atoms with Gasteiger partial charge in [0.25, 0.3) is 0 Å². The molecule has 1 fully saturated rings. The van der Waals surface area contributed by atoms with E-state index in [1.165, 1.54) is 6.42 Å². The van der Waals surface area contributed by atoms with Gasteiger partial charge in [-0.2, -0.15) is 0 Å². The minimum atomic E-state index is 0.653. The van der Waals surface area contributed by atoms with Gasteiger partial charge in [0.2, 0.25) is 0 Å². The third kappa shape index (κ3) is 1.43. The number of rotatable bonds is 2. The van der Waals surface area contributed by atoms with Gasteiger partial charge in [0, 0.05) is 6.54 Å². The normalized spacial score (nSPS) is 28.9. The fourth-order valence-electron chi connectivity index (χ4n) is 0.993. The van der Waals surface area contributed by atoms with Crippen molar-refractivity contribution in [3.05, 3.63) is 0 Å². The Balaban J connectivity index is 2.06. The quantitative estimate of drug-likeness (QED) is 0.477. The largest absolute Gasteiger partial charge is 0.316 e. The highest BCUT2D eigenvalue weighted by molar-refractivity contribution is 4.69. The Morgan fingerprint density at radius 3 is 3.12 bits per heavy atom. The number of hydrogen-bond donors (Lipinski definition) is 2. The summed E-state index contributed by atoms with van der Waals surface area (Å²) in [5.41, 5.74) is 0. The van der Waals surface area contributed by atoms with Crippen LogP contribution in [0.4, 0.5) is 0 Å². The van der Waals surface area contributed by atoms with Crippen molar-refractivity contribution < 1.29 is 4.84 Å². The summed E-state index contributed by atoms with van der Waals surface area (Å²) >= 11 is 0. The molecule has 0 saturated carbocycles. The Kier molecular flexibility index (Phi) is 2.27. The lowest BCUT2D eigenvalue weighted by molar-refractivity contribution is 0.107. The highest BCUT2D eigenvalue weighted by Gasteiger charge is 2.12. The van der Waals surface area contributed by atoms with Crippen molar-refractivity contribution in [1.82, 2.24) is 5.32 Å². The summed E-state index contributed by atoms with van der Waals surface area (Å²) < 4.78 is 0. The molecule has 48 valence electrons. The van der Waals surface area contributed by atoms with Crippen LogP contribution < -0.4 is 11.2 Å². The highest BCUT2D eigenvalue weighted by Crippen LogP contribution is 2.05. The zero-order valence-corrected chi connectivity index (χ0v) is 4.89. The van der Waals surface area contributed by atoms with Crippen molar-refractivity contribution in [3.8, 4) is 0 Å². The van der Waals surface area contributed by atoms with E-state index in [1.807, 2.05) is 0 Å². The maximum Gasteiger partial charge on any atom is 0.0720 e. The summed E-state index contributed by atoms with van der Waals surface area (Å²) in [6.45, 7) is 2.89. The fourth-order valence-corrected chi connectivity index (χ4v) is 0.993. The van der Waals surface area contributed by atoms with Gasteiger partial charge < -0.3 is 10.2 Å². The van der Waals surface area contributed by atoms with Gasteiger partial charge in [-0.25, -0.2) is 5.90 Å². The summed E-state index contributed by atoms with van der Waals surface area (Å²) in [6.07, 6.45) is 1.21. The van der Waals surface area contributed by atoms with Crippen molar-refractivity contribution in [2.24, 2.45) is 11.8 Å². The molecule has 0 spiro atoms. The molecule has 0 amide bonds. The Morgan fingerprint density at radius 2 is 2.62 bits per heavy atom. The van der Waals surface area contributed by atoms with E-state index in [-0.39, 0.29) is 0 Å². The van der Waals surface area contributed by atoms with Crippen LogP contribution in [0.3, 0.4) is 0 Å². The first-order chi connectivity index (χ1) is 3.93. The molecule has 1 aliphatic heterocycles. The van der Waals surface area contributed by atoms with Gasteiger partial charge in [0.15, 0.2) is 0 Å². The predicted octanol–water partition coefficient (Wildman–Crippen LogP) is -0.514. The molecule has 0 aromatic rings. The van der Waals surface area contributed by atoms with Gasteiger partial charge in [-0.3, -0.25) is 0 Å². The second kappa shape index (κ2) is 3.02. The summed E-state index contributed by atoms with van der Waals surface area (Å²) in [5, 5.41) is 3.22. The summed E-state index contributed by atoms with van der Waals surface area (Å²) in [5.74, 6) is 5.53. The molecule has 0 radical (unpaired) electrons. The Hall–Kier alpha value is -0.120. The summed E-state index contributed by atoms with van der Waals surface area (Å²) in [7, 11) is 0. The van der Waals surface area contributed by atoms with Crippen molar-refractivity contribution in [3.63, 3.8) is 0 Å². The Bertz CT molecular complexity index is 61.4. The van der Waals surface area contributed by atoms with Crippen LogP contribution in [-0.2, 0) is 4.84 Å². The molecule has 0 bridgehead atoms. The predicted molar refractivity (Wildman–Crippen MR) is 31.1 cm³/mol. The van der Waals surface area contributed by atoms with Crippen LogP contribution in [0.2, 0.25) is 0 Å². The van der Waals surface area contributed by atoms with E-state index in [0.717, 1.165) is 13.1 Å². The molecule has 0 unspecified atom stereocenters. The first kappa shape index (κ1) is 6.01. The molecule has 3 N–H and O–H groups in total. The van der Waals surface area contributed by atoms with Gasteiger partial charge >= 0.3 is 0 Å². The average molecular weight is 116 g/mol. The lowest BCUT2D eigenvalue weighted by atomic mass is 10.1. The summed E-state index contributed by atoms with van der Waals surface area (Å²) in [6, 6.07) is 0. The average Bonchev–Trinajstić information content (AvgIpc) is 2.19. The number of nitrogens with two attached hydrogens (primary N) is 1. The fraction of sp³-hybridized carbons (Fsp3) is 1.00. The van der Waals surface area contributed by atoms with Crippen LogP contribution in [0.15, 0.2) is 0 Å². The van der Waals surface area contributed by atoms with Crippen LogP contribution in [-0.4, -0.2) is 19.7 Å². The maximum absolute atomic E-state index is 4.88. The van der Waals surface area contributed by atoms with Crippen LogP contribution in [0, 0.1) is 5.92 Å². The van der Waals surface area contributed by atoms with Crippen LogP contribution in [0.5, 0.6) is 0 Å². The van der Waals surface area contributed by atoms with Gasteiger partial charge in [0.05, 0.1) is 6.61 Å². The molecule has 3 heteroatoms. The van der Waals surface area contributed by atoms with E-state index in [2.05, 4.69) is 10.2 Å². The van der Waals surface area contributed by atoms with Gasteiger partial charge in [-0.1, -0.05) is 0 Å². The molecule has 0 aromatic carbocycles. The molecular formula is C5H12N2O. The SMILES string of the molecule is NOC[C@@H]1CCNC1. The standard InChI is InChI=1S/C5H12N2O/c6-8-4-5-1-2-7-3-5/h5,7H,1-4,6H2/t5-/m1/s1. The topological polar surface area (TPSA) is 47.3 Å². The zero-order chi connectivity index (χ0) is 5.82. The molecule has 1 rings (SSSR count). The monoisotopic (exact) mass is 116 g/mol. The molecule has 1 atom stereocenters. The molecule has 1 aliphatic rings. The minimum Gasteiger partial charge on any atom is -0.316 e. The van der Waals surface area contributed by atoms with Gasteiger partial charge in [0.1, 0.15) is 0 Å². The van der Waals surface area contributed by atoms with Crippen molar-refractivity contribution in [1.29, 1.82) is 0 Å². The van der Waals surface area contributed by atoms with E-state index in [1.54, 1.807) is 0 Å². The van der Waals surface area contributed by atoms with Crippen molar-refractivity contribution in [2.45, 2.75) is 6.42 Å². The van der Waals surface area contributed by atoms with E-state index >= 15 is 0 Å². The molecule has 0 aliphatic carbocycles. The molecular weight excluding hydrogens is 104 g/mol. The molecule has 3 nitrogen and oxygen atoms in total. The van der Waals surface area contributed by atoms with Crippen molar-refractivity contribution in [2.75, 3.05) is 19.7 Å². The second-order valence-electron chi connectivity index (χ2n) is 2.19.